The number of benzene rings is 1. The third kappa shape index (κ3) is 3.34. The molecule has 0 heterocycles. The van der Waals surface area contributed by atoms with Gasteiger partial charge in [-0.15, -0.1) is 11.6 Å². The molecule has 0 saturated carbocycles. The number of phenolic OH excluding ortho intramolecular Hbond substituents is 1. The topological polar surface area (TPSA) is 46.5 Å². The summed E-state index contributed by atoms with van der Waals surface area (Å²) in [5.41, 5.74) is 0.0261. The van der Waals surface area contributed by atoms with Crippen molar-refractivity contribution in [2.24, 2.45) is 0 Å². The number of carbonyl (C=O) groups is 1. The fourth-order valence-corrected chi connectivity index (χ4v) is 1.25. The van der Waals surface area contributed by atoms with E-state index in [1.807, 2.05) is 0 Å². The molecule has 1 unspecified atom stereocenters. The molecule has 1 aromatic rings. The van der Waals surface area contributed by atoms with Crippen LogP contribution < -0.4 is 4.74 Å². The molecule has 1 rings (SSSR count). The average molecular weight is 251 g/mol. The Morgan fingerprint density at radius 2 is 2.06 bits per heavy atom. The van der Waals surface area contributed by atoms with Crippen molar-refractivity contribution in [2.75, 3.05) is 0 Å². The van der Waals surface area contributed by atoms with E-state index in [0.29, 0.717) is 0 Å². The minimum absolute atomic E-state index is 0.0261. The molecule has 0 aromatic heterocycles. The third-order valence-corrected chi connectivity index (χ3v) is 1.96. The largest absolute Gasteiger partial charge is 0.508 e. The van der Waals surface area contributed by atoms with Gasteiger partial charge in [-0.1, -0.05) is 0 Å². The van der Waals surface area contributed by atoms with Crippen LogP contribution in [-0.2, 0) is 0 Å². The maximum atomic E-state index is 11.9. The molecular weight excluding hydrogens is 242 g/mol. The van der Waals surface area contributed by atoms with E-state index >= 15 is 0 Å². The van der Waals surface area contributed by atoms with Crippen LogP contribution in [0.1, 0.15) is 17.3 Å². The summed E-state index contributed by atoms with van der Waals surface area (Å²) < 4.78 is 27.9. The second-order valence-electron chi connectivity index (χ2n) is 3.07. The number of rotatable bonds is 4. The minimum Gasteiger partial charge on any atom is -0.508 e. The molecule has 3 nitrogen and oxygen atoms in total. The Balaban J connectivity index is 3.03. The summed E-state index contributed by atoms with van der Waals surface area (Å²) in [5, 5.41) is 8.41. The molecule has 0 aliphatic carbocycles. The van der Waals surface area contributed by atoms with Gasteiger partial charge >= 0.3 is 6.61 Å². The smallest absolute Gasteiger partial charge is 0.387 e. The molecule has 0 fully saturated rings. The zero-order valence-electron chi connectivity index (χ0n) is 8.28. The normalized spacial score (nSPS) is 12.6. The summed E-state index contributed by atoms with van der Waals surface area (Å²) in [5.74, 6) is -1.09. The first-order chi connectivity index (χ1) is 7.40. The minimum atomic E-state index is -3.02. The molecule has 88 valence electrons. The molecule has 0 aliphatic rings. The van der Waals surface area contributed by atoms with Crippen LogP contribution in [-0.4, -0.2) is 22.9 Å². The number of phenols is 1. The molecule has 0 amide bonds. The van der Waals surface area contributed by atoms with E-state index in [9.17, 15) is 18.7 Å². The van der Waals surface area contributed by atoms with E-state index in [2.05, 4.69) is 4.74 Å². The van der Waals surface area contributed by atoms with E-state index in [-0.39, 0.29) is 17.1 Å². The number of Topliss-reactive ketones (excluding diaryl/α,β-unsaturated/α-hetero) is 1. The molecule has 1 atom stereocenters. The third-order valence-electron chi connectivity index (χ3n) is 1.76. The molecule has 6 heteroatoms. The predicted molar refractivity (Wildman–Crippen MR) is 54.4 cm³/mol. The van der Waals surface area contributed by atoms with Gasteiger partial charge in [0.15, 0.2) is 5.78 Å². The van der Waals surface area contributed by atoms with Crippen molar-refractivity contribution in [3.8, 4) is 11.5 Å². The van der Waals surface area contributed by atoms with Gasteiger partial charge < -0.3 is 9.84 Å². The second-order valence-corrected chi connectivity index (χ2v) is 3.73. The van der Waals surface area contributed by atoms with Crippen LogP contribution >= 0.6 is 11.6 Å². The Bertz CT molecular complexity index is 394. The quantitative estimate of drug-likeness (QED) is 0.660. The number of ether oxygens (including phenoxy) is 1. The maximum Gasteiger partial charge on any atom is 0.387 e. The maximum absolute atomic E-state index is 11.9. The number of hydrogen-bond acceptors (Lipinski definition) is 3. The monoisotopic (exact) mass is 250 g/mol. The van der Waals surface area contributed by atoms with Gasteiger partial charge in [-0.05, 0) is 19.1 Å². The van der Waals surface area contributed by atoms with Crippen LogP contribution in [0.4, 0.5) is 8.78 Å². The number of hydrogen-bond donors (Lipinski definition) is 1. The highest BCUT2D eigenvalue weighted by Crippen LogP contribution is 2.24. The summed E-state index contributed by atoms with van der Waals surface area (Å²) in [4.78, 5) is 11.4. The van der Waals surface area contributed by atoms with Gasteiger partial charge in [-0.2, -0.15) is 8.78 Å². The molecule has 1 aromatic carbocycles. The molecule has 1 N–H and O–H groups in total. The van der Waals surface area contributed by atoms with Crippen LogP contribution in [0, 0.1) is 0 Å². The summed E-state index contributed by atoms with van der Waals surface area (Å²) in [6, 6.07) is 3.23. The van der Waals surface area contributed by atoms with E-state index < -0.39 is 17.8 Å². The van der Waals surface area contributed by atoms with Gasteiger partial charge in [0.1, 0.15) is 11.5 Å². The summed E-state index contributed by atoms with van der Waals surface area (Å²) in [7, 11) is 0. The lowest BCUT2D eigenvalue weighted by atomic mass is 10.1. The van der Waals surface area contributed by atoms with Crippen LogP contribution in [0.5, 0.6) is 11.5 Å². The number of alkyl halides is 3. The summed E-state index contributed by atoms with van der Waals surface area (Å²) >= 11 is 5.55. The first kappa shape index (κ1) is 12.7. The average Bonchev–Trinajstić information content (AvgIpc) is 2.14. The summed E-state index contributed by atoms with van der Waals surface area (Å²) in [6.07, 6.45) is 0. The van der Waals surface area contributed by atoms with Crippen molar-refractivity contribution in [2.45, 2.75) is 18.9 Å². The molecule has 0 spiro atoms. The molecule has 0 saturated heterocycles. The van der Waals surface area contributed by atoms with Gasteiger partial charge in [-0.3, -0.25) is 4.79 Å². The van der Waals surface area contributed by atoms with E-state index in [1.165, 1.54) is 6.92 Å². The van der Waals surface area contributed by atoms with Gasteiger partial charge in [0.25, 0.3) is 0 Å². The number of ketones is 1. The fraction of sp³-hybridized carbons (Fsp3) is 0.300. The standard InChI is InChI=1S/C10H9ClF2O3/c1-5(11)9(15)6-2-7(14)4-8(3-6)16-10(12)13/h2-5,10,14H,1H3. The highest BCUT2D eigenvalue weighted by molar-refractivity contribution is 6.33. The molecule has 0 radical (unpaired) electrons. The fourth-order valence-electron chi connectivity index (χ4n) is 1.13. The van der Waals surface area contributed by atoms with Crippen LogP contribution in [0.3, 0.4) is 0 Å². The Hall–Kier alpha value is -1.36. The highest BCUT2D eigenvalue weighted by Gasteiger charge is 2.15. The molecular formula is C10H9ClF2O3. The van der Waals surface area contributed by atoms with Gasteiger partial charge in [0.2, 0.25) is 0 Å². The summed E-state index contributed by atoms with van der Waals surface area (Å²) in [6.45, 7) is -1.57. The second kappa shape index (κ2) is 5.12. The van der Waals surface area contributed by atoms with E-state index in [0.717, 1.165) is 18.2 Å². The van der Waals surface area contributed by atoms with Crippen LogP contribution in [0.2, 0.25) is 0 Å². The van der Waals surface area contributed by atoms with Crippen LogP contribution in [0.15, 0.2) is 18.2 Å². The highest BCUT2D eigenvalue weighted by atomic mass is 35.5. The zero-order valence-corrected chi connectivity index (χ0v) is 9.04. The van der Waals surface area contributed by atoms with Crippen LogP contribution in [0.25, 0.3) is 0 Å². The molecule has 16 heavy (non-hydrogen) atoms. The van der Waals surface area contributed by atoms with Crippen molar-refractivity contribution >= 4 is 17.4 Å². The molecule has 0 bridgehead atoms. The van der Waals surface area contributed by atoms with E-state index in [4.69, 9.17) is 11.6 Å². The van der Waals surface area contributed by atoms with Crippen molar-refractivity contribution in [1.82, 2.24) is 0 Å². The first-order valence-electron chi connectivity index (χ1n) is 4.37. The lowest BCUT2D eigenvalue weighted by molar-refractivity contribution is -0.0499. The Morgan fingerprint density at radius 3 is 2.56 bits per heavy atom. The number of aromatic hydroxyl groups is 1. The van der Waals surface area contributed by atoms with Crippen molar-refractivity contribution in [3.63, 3.8) is 0 Å². The Morgan fingerprint density at radius 1 is 1.44 bits per heavy atom. The lowest BCUT2D eigenvalue weighted by Crippen LogP contribution is -2.11. The van der Waals surface area contributed by atoms with Gasteiger partial charge in [0, 0.05) is 11.6 Å². The number of carbonyl (C=O) groups excluding carboxylic acids is 1. The van der Waals surface area contributed by atoms with Gasteiger partial charge in [-0.25, -0.2) is 0 Å². The van der Waals surface area contributed by atoms with Crippen molar-refractivity contribution in [1.29, 1.82) is 0 Å². The van der Waals surface area contributed by atoms with Crippen molar-refractivity contribution in [3.05, 3.63) is 23.8 Å². The number of halogens is 3. The van der Waals surface area contributed by atoms with Gasteiger partial charge in [0.05, 0.1) is 5.38 Å². The Labute approximate surface area is 95.6 Å². The zero-order chi connectivity index (χ0) is 12.3. The van der Waals surface area contributed by atoms with Crippen molar-refractivity contribution < 1.29 is 23.4 Å². The lowest BCUT2D eigenvalue weighted by Gasteiger charge is -2.08. The molecule has 0 aliphatic heterocycles. The van der Waals surface area contributed by atoms with E-state index in [1.54, 1.807) is 0 Å². The Kier molecular flexibility index (Phi) is 4.06. The SMILES string of the molecule is CC(Cl)C(=O)c1cc(O)cc(OC(F)F)c1. The predicted octanol–water partition coefficient (Wildman–Crippen LogP) is 2.80. The first-order valence-corrected chi connectivity index (χ1v) is 4.81.